The molecule has 1 aliphatic rings. The summed E-state index contributed by atoms with van der Waals surface area (Å²) in [6.07, 6.45) is 4.77. The Hall–Kier alpha value is -1.05. The van der Waals surface area contributed by atoms with Gasteiger partial charge in [0.2, 0.25) is 0 Å². The minimum Gasteiger partial charge on any atom is -0.490 e. The molecule has 2 unspecified atom stereocenters. The number of aromatic nitrogens is 1. The van der Waals surface area contributed by atoms with E-state index in [-0.39, 0.29) is 24.0 Å². The Morgan fingerprint density at radius 2 is 2.14 bits per heavy atom. The molecule has 1 aromatic rings. The number of pyridine rings is 1. The Kier molecular flexibility index (Phi) is 8.52. The smallest absolute Gasteiger partial charge is 0.193 e. The molecule has 1 saturated heterocycles. The van der Waals surface area contributed by atoms with Crippen molar-refractivity contribution in [2.24, 2.45) is 16.8 Å². The minimum absolute atomic E-state index is 0. The second-order valence-electron chi connectivity index (χ2n) is 5.86. The fourth-order valence-corrected chi connectivity index (χ4v) is 2.93. The van der Waals surface area contributed by atoms with E-state index in [9.17, 15) is 0 Å². The molecule has 2 atom stereocenters. The van der Waals surface area contributed by atoms with E-state index >= 15 is 0 Å². The summed E-state index contributed by atoms with van der Waals surface area (Å²) in [6, 6.07) is 3.79. The highest BCUT2D eigenvalue weighted by Crippen LogP contribution is 2.20. The largest absolute Gasteiger partial charge is 0.490 e. The van der Waals surface area contributed by atoms with E-state index in [1.807, 2.05) is 19.2 Å². The first-order valence-corrected chi connectivity index (χ1v) is 7.67. The molecule has 6 heteroatoms. The van der Waals surface area contributed by atoms with E-state index in [4.69, 9.17) is 4.74 Å². The van der Waals surface area contributed by atoms with E-state index in [0.29, 0.717) is 6.61 Å². The van der Waals surface area contributed by atoms with Crippen molar-refractivity contribution in [1.29, 1.82) is 0 Å². The first kappa shape index (κ1) is 19.0. The second-order valence-corrected chi connectivity index (χ2v) is 5.86. The van der Waals surface area contributed by atoms with E-state index < -0.39 is 0 Å². The topological polar surface area (TPSA) is 49.8 Å². The van der Waals surface area contributed by atoms with Gasteiger partial charge < -0.3 is 15.0 Å². The van der Waals surface area contributed by atoms with Gasteiger partial charge in [0.1, 0.15) is 12.4 Å². The Labute approximate surface area is 150 Å². The summed E-state index contributed by atoms with van der Waals surface area (Å²) >= 11 is 0. The monoisotopic (exact) mass is 418 g/mol. The number of hydrogen-bond donors (Lipinski definition) is 1. The molecule has 2 heterocycles. The molecular formula is C16H27IN4O. The van der Waals surface area contributed by atoms with Crippen LogP contribution in [0.1, 0.15) is 20.3 Å². The molecule has 0 amide bonds. The number of likely N-dealkylation sites (tertiary alicyclic amines) is 1. The average molecular weight is 418 g/mol. The first-order chi connectivity index (χ1) is 10.2. The van der Waals surface area contributed by atoms with E-state index in [1.165, 1.54) is 6.42 Å². The van der Waals surface area contributed by atoms with Crippen molar-refractivity contribution < 1.29 is 4.74 Å². The molecule has 1 aromatic heterocycles. The van der Waals surface area contributed by atoms with E-state index in [1.54, 1.807) is 12.4 Å². The molecule has 0 bridgehead atoms. The maximum Gasteiger partial charge on any atom is 0.193 e. The van der Waals surface area contributed by atoms with Crippen LogP contribution in [0.3, 0.4) is 0 Å². The third kappa shape index (κ3) is 5.98. The van der Waals surface area contributed by atoms with Crippen LogP contribution in [0.5, 0.6) is 5.75 Å². The number of nitrogens with one attached hydrogen (secondary N) is 1. The van der Waals surface area contributed by atoms with Crippen LogP contribution in [-0.4, -0.2) is 49.1 Å². The molecule has 1 N–H and O–H groups in total. The SMILES string of the molecule is CN=C(NCCOc1cccnc1)N1CC(C)CC(C)C1.I. The Morgan fingerprint density at radius 3 is 2.73 bits per heavy atom. The van der Waals surface area contributed by atoms with E-state index in [0.717, 1.165) is 43.2 Å². The molecule has 0 aliphatic carbocycles. The van der Waals surface area contributed by atoms with Crippen LogP contribution in [0.4, 0.5) is 0 Å². The van der Waals surface area contributed by atoms with Gasteiger partial charge in [0, 0.05) is 26.3 Å². The zero-order chi connectivity index (χ0) is 15.1. The van der Waals surface area contributed by atoms with Crippen LogP contribution in [0, 0.1) is 11.8 Å². The van der Waals surface area contributed by atoms with Crippen LogP contribution in [0.25, 0.3) is 0 Å². The average Bonchev–Trinajstić information content (AvgIpc) is 2.47. The minimum atomic E-state index is 0. The number of ether oxygens (including phenoxy) is 1. The maximum absolute atomic E-state index is 5.63. The lowest BCUT2D eigenvalue weighted by atomic mass is 9.92. The third-order valence-corrected chi connectivity index (χ3v) is 3.67. The normalized spacial score (nSPS) is 22.0. The molecule has 22 heavy (non-hydrogen) atoms. The summed E-state index contributed by atoms with van der Waals surface area (Å²) in [5, 5.41) is 3.38. The molecule has 0 saturated carbocycles. The van der Waals surface area contributed by atoms with E-state index in [2.05, 4.69) is 34.0 Å². The summed E-state index contributed by atoms with van der Waals surface area (Å²) in [7, 11) is 1.84. The zero-order valence-corrected chi connectivity index (χ0v) is 16.0. The van der Waals surface area contributed by atoms with Gasteiger partial charge in [0.15, 0.2) is 5.96 Å². The fourth-order valence-electron chi connectivity index (χ4n) is 2.93. The summed E-state index contributed by atoms with van der Waals surface area (Å²) in [4.78, 5) is 10.8. The number of hydrogen-bond acceptors (Lipinski definition) is 3. The molecule has 2 rings (SSSR count). The summed E-state index contributed by atoms with van der Waals surface area (Å²) in [6.45, 7) is 8.11. The van der Waals surface area contributed by atoms with Crippen LogP contribution < -0.4 is 10.1 Å². The summed E-state index contributed by atoms with van der Waals surface area (Å²) < 4.78 is 5.63. The Morgan fingerprint density at radius 1 is 1.41 bits per heavy atom. The van der Waals surface area contributed by atoms with Gasteiger partial charge in [-0.1, -0.05) is 13.8 Å². The van der Waals surface area contributed by atoms with Gasteiger partial charge in [0.25, 0.3) is 0 Å². The van der Waals surface area contributed by atoms with Gasteiger partial charge >= 0.3 is 0 Å². The van der Waals surface area contributed by atoms with Crippen molar-refractivity contribution in [2.75, 3.05) is 33.3 Å². The van der Waals surface area contributed by atoms with Crippen molar-refractivity contribution in [2.45, 2.75) is 20.3 Å². The van der Waals surface area contributed by atoms with Gasteiger partial charge in [-0.2, -0.15) is 0 Å². The highest BCUT2D eigenvalue weighted by atomic mass is 127. The van der Waals surface area contributed by atoms with Crippen molar-refractivity contribution >= 4 is 29.9 Å². The molecule has 0 radical (unpaired) electrons. The number of piperidine rings is 1. The third-order valence-electron chi connectivity index (χ3n) is 3.67. The van der Waals surface area contributed by atoms with Gasteiger partial charge in [-0.05, 0) is 30.4 Å². The lowest BCUT2D eigenvalue weighted by molar-refractivity contribution is 0.207. The number of guanidine groups is 1. The molecule has 0 spiro atoms. The van der Waals surface area contributed by atoms with Gasteiger partial charge in [-0.15, -0.1) is 24.0 Å². The molecule has 1 aliphatic heterocycles. The van der Waals surface area contributed by atoms with Crippen LogP contribution in [0.15, 0.2) is 29.5 Å². The number of aliphatic imine (C=N–C) groups is 1. The van der Waals surface area contributed by atoms with Gasteiger partial charge in [-0.3, -0.25) is 9.98 Å². The number of halogens is 1. The molecule has 0 aromatic carbocycles. The standard InChI is InChI=1S/C16H26N4O.HI/c1-13-9-14(2)12-20(11-13)16(17-3)19-7-8-21-15-5-4-6-18-10-15;/h4-6,10,13-14H,7-9,11-12H2,1-3H3,(H,17,19);1H. The predicted octanol–water partition coefficient (Wildman–Crippen LogP) is 2.63. The quantitative estimate of drug-likeness (QED) is 0.354. The maximum atomic E-state index is 5.63. The van der Waals surface area contributed by atoms with Crippen LogP contribution in [0.2, 0.25) is 0 Å². The lowest BCUT2D eigenvalue weighted by Gasteiger charge is -2.37. The Balaban J connectivity index is 0.00000242. The summed E-state index contributed by atoms with van der Waals surface area (Å²) in [5.74, 6) is 3.22. The first-order valence-electron chi connectivity index (χ1n) is 7.67. The highest BCUT2D eigenvalue weighted by molar-refractivity contribution is 14.0. The molecule has 1 fully saturated rings. The summed E-state index contributed by atoms with van der Waals surface area (Å²) in [5.41, 5.74) is 0. The second kappa shape index (κ2) is 9.86. The Bertz CT molecular complexity index is 445. The molecule has 124 valence electrons. The van der Waals surface area contributed by atoms with Crippen molar-refractivity contribution in [3.8, 4) is 5.75 Å². The number of nitrogens with zero attached hydrogens (tertiary/aromatic N) is 3. The lowest BCUT2D eigenvalue weighted by Crippen LogP contribution is -2.49. The van der Waals surface area contributed by atoms with Crippen LogP contribution >= 0.6 is 24.0 Å². The van der Waals surface area contributed by atoms with Crippen LogP contribution in [-0.2, 0) is 0 Å². The molecule has 5 nitrogen and oxygen atoms in total. The highest BCUT2D eigenvalue weighted by Gasteiger charge is 2.23. The molecular weight excluding hydrogens is 391 g/mol. The van der Waals surface area contributed by atoms with Crippen molar-refractivity contribution in [3.05, 3.63) is 24.5 Å². The predicted molar refractivity (Wildman–Crippen MR) is 101 cm³/mol. The van der Waals surface area contributed by atoms with Crippen molar-refractivity contribution in [1.82, 2.24) is 15.2 Å². The van der Waals surface area contributed by atoms with Crippen molar-refractivity contribution in [3.63, 3.8) is 0 Å². The number of rotatable bonds is 4. The fraction of sp³-hybridized carbons (Fsp3) is 0.625. The zero-order valence-electron chi connectivity index (χ0n) is 13.7. The van der Waals surface area contributed by atoms with Gasteiger partial charge in [0.05, 0.1) is 12.7 Å². The van der Waals surface area contributed by atoms with Gasteiger partial charge in [-0.25, -0.2) is 0 Å².